The van der Waals surface area contributed by atoms with Crippen molar-refractivity contribution in [3.63, 3.8) is 0 Å². The Morgan fingerprint density at radius 3 is 1.36 bits per heavy atom. The average Bonchev–Trinajstić information content (AvgIpc) is 3.41. The van der Waals surface area contributed by atoms with Crippen LogP contribution in [0.4, 0.5) is 0 Å². The van der Waals surface area contributed by atoms with Gasteiger partial charge in [0.25, 0.3) is 0 Å². The van der Waals surface area contributed by atoms with Crippen LogP contribution in [0.1, 0.15) is 54.4 Å². The zero-order valence-electron chi connectivity index (χ0n) is 17.5. The van der Waals surface area contributed by atoms with Crippen LogP contribution in [0.5, 0.6) is 0 Å². The molecule has 2 aliphatic carbocycles. The number of epoxide rings is 2. The van der Waals surface area contributed by atoms with E-state index in [1.54, 1.807) is 0 Å². The van der Waals surface area contributed by atoms with Crippen LogP contribution in [0.2, 0.25) is 0 Å². The summed E-state index contributed by atoms with van der Waals surface area (Å²) in [6.45, 7) is 12.4. The van der Waals surface area contributed by atoms with Gasteiger partial charge in [-0.1, -0.05) is 0 Å². The van der Waals surface area contributed by atoms with Crippen LogP contribution in [-0.2, 0) is 28.4 Å². The van der Waals surface area contributed by atoms with Gasteiger partial charge in [-0.25, -0.2) is 0 Å². The minimum Gasteiger partial charge on any atom is -0.390 e. The molecule has 6 rings (SSSR count). The van der Waals surface area contributed by atoms with Gasteiger partial charge in [-0.2, -0.15) is 0 Å². The van der Waals surface area contributed by atoms with Crippen molar-refractivity contribution in [1.29, 1.82) is 0 Å². The quantitative estimate of drug-likeness (QED) is 0.578. The molecule has 8 nitrogen and oxygen atoms in total. The van der Waals surface area contributed by atoms with Crippen LogP contribution in [-0.4, -0.2) is 81.8 Å². The molecular formula is C20H32O8. The molecule has 0 aromatic heterocycles. The number of aliphatic hydroxyl groups is 2. The zero-order chi connectivity index (χ0) is 20.4. The molecule has 2 spiro atoms. The number of hydrogen-bond donors (Lipinski definition) is 2. The van der Waals surface area contributed by atoms with E-state index in [0.717, 1.165) is 0 Å². The molecule has 0 aromatic carbocycles. The molecule has 2 saturated carbocycles. The smallest absolute Gasteiger partial charge is 0.163 e. The highest BCUT2D eigenvalue weighted by atomic mass is 16.8. The molecule has 160 valence electrons. The molecule has 0 amide bonds. The van der Waals surface area contributed by atoms with Crippen LogP contribution in [0.15, 0.2) is 0 Å². The van der Waals surface area contributed by atoms with Gasteiger partial charge < -0.3 is 38.6 Å². The van der Waals surface area contributed by atoms with Gasteiger partial charge in [0.05, 0.1) is 37.6 Å². The Kier molecular flexibility index (Phi) is 3.71. The lowest BCUT2D eigenvalue weighted by Gasteiger charge is -2.47. The Bertz CT molecular complexity index is 638. The van der Waals surface area contributed by atoms with Gasteiger partial charge in [0, 0.05) is 12.8 Å². The molecule has 6 fully saturated rings. The third-order valence-electron chi connectivity index (χ3n) is 7.64. The molecule has 4 saturated heterocycles. The first-order valence-electron chi connectivity index (χ1n) is 10.2. The zero-order valence-corrected chi connectivity index (χ0v) is 17.5. The van der Waals surface area contributed by atoms with Crippen LogP contribution >= 0.6 is 0 Å². The van der Waals surface area contributed by atoms with E-state index in [4.69, 9.17) is 28.4 Å². The summed E-state index contributed by atoms with van der Waals surface area (Å²) in [6.07, 6.45) is 0.692. The Morgan fingerprint density at radius 1 is 0.643 bits per heavy atom. The van der Waals surface area contributed by atoms with Crippen molar-refractivity contribution in [1.82, 2.24) is 0 Å². The standard InChI is InChI=1S/2C10H16O4/c2*1-8(2)12-5-10-7(13-10)4-6(11)9(10,3)14-8/h2*6-7,11H,4-5H2,1-3H3/t2*6-,7-,9+,10-/m00/s1. The molecule has 0 radical (unpaired) electrons. The fourth-order valence-corrected chi connectivity index (χ4v) is 5.70. The molecule has 0 aromatic rings. The summed E-state index contributed by atoms with van der Waals surface area (Å²) in [5, 5.41) is 19.9. The van der Waals surface area contributed by atoms with Crippen molar-refractivity contribution < 1.29 is 38.6 Å². The molecule has 28 heavy (non-hydrogen) atoms. The molecule has 2 N–H and O–H groups in total. The average molecular weight is 400 g/mol. The molecule has 4 heterocycles. The number of hydrogen-bond acceptors (Lipinski definition) is 8. The summed E-state index contributed by atoms with van der Waals surface area (Å²) in [5.74, 6) is -1.25. The second-order valence-electron chi connectivity index (χ2n) is 10.3. The monoisotopic (exact) mass is 400 g/mol. The first-order chi connectivity index (χ1) is 12.8. The Balaban J connectivity index is 0.000000122. The van der Waals surface area contributed by atoms with E-state index in [0.29, 0.717) is 26.1 Å². The van der Waals surface area contributed by atoms with Gasteiger partial charge >= 0.3 is 0 Å². The van der Waals surface area contributed by atoms with Crippen LogP contribution in [0.3, 0.4) is 0 Å². The normalized spacial score (nSPS) is 59.1. The van der Waals surface area contributed by atoms with E-state index < -0.39 is 35.0 Å². The van der Waals surface area contributed by atoms with Crippen molar-refractivity contribution in [2.24, 2.45) is 0 Å². The highest BCUT2D eigenvalue weighted by Crippen LogP contribution is 2.62. The Morgan fingerprint density at radius 2 is 1.00 bits per heavy atom. The van der Waals surface area contributed by atoms with E-state index in [1.807, 2.05) is 41.5 Å². The number of aliphatic hydroxyl groups excluding tert-OH is 2. The predicted molar refractivity (Wildman–Crippen MR) is 95.5 cm³/mol. The third kappa shape index (κ3) is 2.34. The molecule has 8 atom stereocenters. The highest BCUT2D eigenvalue weighted by molar-refractivity contribution is 5.26. The van der Waals surface area contributed by atoms with Gasteiger partial charge in [-0.05, 0) is 41.5 Å². The number of rotatable bonds is 0. The van der Waals surface area contributed by atoms with Gasteiger partial charge in [0.2, 0.25) is 0 Å². The summed E-state index contributed by atoms with van der Waals surface area (Å²) in [5.41, 5.74) is -1.94. The molecule has 6 aliphatic rings. The van der Waals surface area contributed by atoms with Crippen molar-refractivity contribution in [2.75, 3.05) is 13.2 Å². The maximum atomic E-state index is 9.95. The maximum absolute atomic E-state index is 9.95. The fraction of sp³-hybridized carbons (Fsp3) is 1.00. The maximum Gasteiger partial charge on any atom is 0.163 e. The van der Waals surface area contributed by atoms with E-state index >= 15 is 0 Å². The van der Waals surface area contributed by atoms with Crippen molar-refractivity contribution in [3.8, 4) is 0 Å². The largest absolute Gasteiger partial charge is 0.390 e. The predicted octanol–water partition coefficient (Wildman–Crippen LogP) is 0.860. The molecule has 4 aliphatic heterocycles. The lowest BCUT2D eigenvalue weighted by Crippen LogP contribution is -2.61. The summed E-state index contributed by atoms with van der Waals surface area (Å²) in [6, 6.07) is 0. The SMILES string of the molecule is CC1(C)OC[C@]23O[C@H]2C[C@H](O)[C@@]3(C)O1.CC1(C)OC[C@]23O[C@H]2C[C@H](O)[C@@]3(C)O1. The lowest BCUT2D eigenvalue weighted by atomic mass is 9.88. The van der Waals surface area contributed by atoms with Gasteiger partial charge in [0.1, 0.15) is 22.4 Å². The van der Waals surface area contributed by atoms with Crippen LogP contribution in [0, 0.1) is 0 Å². The summed E-state index contributed by atoms with van der Waals surface area (Å²) < 4.78 is 34.1. The van der Waals surface area contributed by atoms with E-state index in [1.165, 1.54) is 0 Å². The molecule has 0 bridgehead atoms. The first-order valence-corrected chi connectivity index (χ1v) is 10.2. The van der Waals surface area contributed by atoms with Crippen molar-refractivity contribution in [3.05, 3.63) is 0 Å². The van der Waals surface area contributed by atoms with E-state index in [-0.39, 0.29) is 23.4 Å². The first kappa shape index (κ1) is 19.6. The lowest BCUT2D eigenvalue weighted by molar-refractivity contribution is -0.345. The summed E-state index contributed by atoms with van der Waals surface area (Å²) in [7, 11) is 0. The second kappa shape index (κ2) is 5.29. The number of ether oxygens (including phenoxy) is 6. The minimum absolute atomic E-state index is 0.124. The van der Waals surface area contributed by atoms with Crippen LogP contribution in [0.25, 0.3) is 0 Å². The topological polar surface area (TPSA) is 102 Å². The molecule has 0 unspecified atom stereocenters. The second-order valence-corrected chi connectivity index (χ2v) is 10.3. The van der Waals surface area contributed by atoms with Gasteiger partial charge in [-0.15, -0.1) is 0 Å². The Hall–Kier alpha value is -0.320. The van der Waals surface area contributed by atoms with Gasteiger partial charge in [-0.3, -0.25) is 0 Å². The molecular weight excluding hydrogens is 368 g/mol. The summed E-state index contributed by atoms with van der Waals surface area (Å²) >= 11 is 0. The van der Waals surface area contributed by atoms with Gasteiger partial charge in [0.15, 0.2) is 11.6 Å². The van der Waals surface area contributed by atoms with Crippen molar-refractivity contribution in [2.45, 2.75) is 113 Å². The Labute approximate surface area is 165 Å². The van der Waals surface area contributed by atoms with E-state index in [2.05, 4.69) is 0 Å². The van der Waals surface area contributed by atoms with E-state index in [9.17, 15) is 10.2 Å². The van der Waals surface area contributed by atoms with Crippen LogP contribution < -0.4 is 0 Å². The highest BCUT2D eigenvalue weighted by Gasteiger charge is 2.79. The van der Waals surface area contributed by atoms with Crippen molar-refractivity contribution >= 4 is 0 Å². The third-order valence-corrected chi connectivity index (χ3v) is 7.64. The summed E-state index contributed by atoms with van der Waals surface area (Å²) in [4.78, 5) is 0. The molecule has 8 heteroatoms. The fourth-order valence-electron chi connectivity index (χ4n) is 5.70. The minimum atomic E-state index is -0.623.